The van der Waals surface area contributed by atoms with Gasteiger partial charge in [-0.2, -0.15) is 0 Å². The Balaban J connectivity index is 1.54. The third-order valence-corrected chi connectivity index (χ3v) is 4.39. The normalized spacial score (nSPS) is 17.9. The molecule has 0 aliphatic carbocycles. The fraction of sp³-hybridized carbons (Fsp3) is 0.529. The van der Waals surface area contributed by atoms with Crippen LogP contribution in [0.4, 0.5) is 0 Å². The minimum atomic E-state index is 0.678. The van der Waals surface area contributed by atoms with E-state index in [9.17, 15) is 0 Å². The maximum atomic E-state index is 3.74. The predicted molar refractivity (Wildman–Crippen MR) is 84.9 cm³/mol. The third-order valence-electron chi connectivity index (χ3n) is 4.39. The van der Waals surface area contributed by atoms with Crippen LogP contribution in [0.3, 0.4) is 0 Å². The Hall–Kier alpha value is -1.32. The van der Waals surface area contributed by atoms with E-state index in [0.29, 0.717) is 6.04 Å². The minimum Gasteiger partial charge on any atom is -0.361 e. The maximum absolute atomic E-state index is 3.74. The molecule has 2 heterocycles. The molecule has 2 aromatic rings. The molecule has 1 saturated heterocycles. The number of rotatable bonds is 5. The standard InChI is InChI=1S/C17H25N3/c1-2-10-20-11-7-15(8-12-20)19-13-14-4-3-5-17-16(14)6-9-18-17/h3-6,9,15,18-19H,2,7-8,10-13H2,1H3. The number of piperidine rings is 1. The highest BCUT2D eigenvalue weighted by atomic mass is 15.1. The summed E-state index contributed by atoms with van der Waals surface area (Å²) in [5.41, 5.74) is 2.64. The van der Waals surface area contributed by atoms with Crippen molar-refractivity contribution in [1.82, 2.24) is 15.2 Å². The van der Waals surface area contributed by atoms with Gasteiger partial charge in [-0.3, -0.25) is 0 Å². The first-order valence-electron chi connectivity index (χ1n) is 7.87. The van der Waals surface area contributed by atoms with E-state index in [4.69, 9.17) is 0 Å². The molecular weight excluding hydrogens is 246 g/mol. The fourth-order valence-electron chi connectivity index (χ4n) is 3.24. The molecule has 0 amide bonds. The van der Waals surface area contributed by atoms with E-state index in [-0.39, 0.29) is 0 Å². The highest BCUT2D eigenvalue weighted by Crippen LogP contribution is 2.18. The molecule has 3 heteroatoms. The molecule has 3 nitrogen and oxygen atoms in total. The molecule has 0 saturated carbocycles. The van der Waals surface area contributed by atoms with Crippen LogP contribution < -0.4 is 5.32 Å². The summed E-state index contributed by atoms with van der Waals surface area (Å²) in [5.74, 6) is 0. The fourth-order valence-corrected chi connectivity index (χ4v) is 3.24. The van der Waals surface area contributed by atoms with Gasteiger partial charge >= 0.3 is 0 Å². The summed E-state index contributed by atoms with van der Waals surface area (Å²) >= 11 is 0. The Labute approximate surface area is 121 Å². The smallest absolute Gasteiger partial charge is 0.0457 e. The number of hydrogen-bond donors (Lipinski definition) is 2. The van der Waals surface area contributed by atoms with Crippen molar-refractivity contribution in [2.45, 2.75) is 38.8 Å². The van der Waals surface area contributed by atoms with Gasteiger partial charge in [-0.1, -0.05) is 19.1 Å². The lowest BCUT2D eigenvalue weighted by Gasteiger charge is -2.32. The Bertz CT molecular complexity index is 538. The molecule has 1 aromatic carbocycles. The summed E-state index contributed by atoms with van der Waals surface area (Å²) < 4.78 is 0. The molecule has 1 aliphatic rings. The Morgan fingerprint density at radius 1 is 1.25 bits per heavy atom. The van der Waals surface area contributed by atoms with E-state index in [1.165, 1.54) is 55.4 Å². The number of fused-ring (bicyclic) bond motifs is 1. The Morgan fingerprint density at radius 2 is 2.10 bits per heavy atom. The van der Waals surface area contributed by atoms with Crippen LogP contribution in [0, 0.1) is 0 Å². The van der Waals surface area contributed by atoms with E-state index in [1.54, 1.807) is 0 Å². The third kappa shape index (κ3) is 3.05. The molecular formula is C17H25N3. The first-order valence-corrected chi connectivity index (χ1v) is 7.87. The second-order valence-electron chi connectivity index (χ2n) is 5.85. The summed E-state index contributed by atoms with van der Waals surface area (Å²) in [7, 11) is 0. The van der Waals surface area contributed by atoms with Crippen LogP contribution in [0.5, 0.6) is 0 Å². The molecule has 1 fully saturated rings. The lowest BCUT2D eigenvalue weighted by atomic mass is 10.0. The number of hydrogen-bond acceptors (Lipinski definition) is 2. The molecule has 108 valence electrons. The number of likely N-dealkylation sites (tertiary alicyclic amines) is 1. The quantitative estimate of drug-likeness (QED) is 0.875. The van der Waals surface area contributed by atoms with Crippen molar-refractivity contribution in [3.63, 3.8) is 0 Å². The highest BCUT2D eigenvalue weighted by molar-refractivity contribution is 5.82. The van der Waals surface area contributed by atoms with Crippen molar-refractivity contribution in [2.75, 3.05) is 19.6 Å². The van der Waals surface area contributed by atoms with Crippen molar-refractivity contribution in [3.05, 3.63) is 36.0 Å². The van der Waals surface area contributed by atoms with Crippen LogP contribution in [0.2, 0.25) is 0 Å². The van der Waals surface area contributed by atoms with Crippen molar-refractivity contribution < 1.29 is 0 Å². The lowest BCUT2D eigenvalue weighted by molar-refractivity contribution is 0.197. The van der Waals surface area contributed by atoms with Crippen LogP contribution in [0.1, 0.15) is 31.7 Å². The summed E-state index contributed by atoms with van der Waals surface area (Å²) in [6.45, 7) is 7.00. The topological polar surface area (TPSA) is 31.1 Å². The van der Waals surface area contributed by atoms with E-state index in [2.05, 4.69) is 46.4 Å². The molecule has 20 heavy (non-hydrogen) atoms. The second-order valence-corrected chi connectivity index (χ2v) is 5.85. The van der Waals surface area contributed by atoms with Crippen molar-refractivity contribution in [3.8, 4) is 0 Å². The van der Waals surface area contributed by atoms with Gasteiger partial charge in [0.15, 0.2) is 0 Å². The molecule has 0 spiro atoms. The second kappa shape index (κ2) is 6.42. The SMILES string of the molecule is CCCN1CCC(NCc2cccc3[nH]ccc23)CC1. The largest absolute Gasteiger partial charge is 0.361 e. The van der Waals surface area contributed by atoms with Gasteiger partial charge in [-0.05, 0) is 56.6 Å². The summed E-state index contributed by atoms with van der Waals surface area (Å²) in [5, 5.41) is 5.09. The van der Waals surface area contributed by atoms with Gasteiger partial charge in [0, 0.05) is 29.7 Å². The van der Waals surface area contributed by atoms with Gasteiger partial charge in [0.25, 0.3) is 0 Å². The number of aromatic amines is 1. The average molecular weight is 271 g/mol. The summed E-state index contributed by atoms with van der Waals surface area (Å²) in [6, 6.07) is 9.37. The monoisotopic (exact) mass is 271 g/mol. The number of benzene rings is 1. The van der Waals surface area contributed by atoms with Crippen LogP contribution in [-0.4, -0.2) is 35.6 Å². The van der Waals surface area contributed by atoms with Crippen LogP contribution in [0.25, 0.3) is 10.9 Å². The van der Waals surface area contributed by atoms with E-state index < -0.39 is 0 Å². The molecule has 1 aromatic heterocycles. The van der Waals surface area contributed by atoms with E-state index in [0.717, 1.165) is 6.54 Å². The van der Waals surface area contributed by atoms with Gasteiger partial charge in [0.2, 0.25) is 0 Å². The number of nitrogens with one attached hydrogen (secondary N) is 2. The molecule has 3 rings (SSSR count). The predicted octanol–water partition coefficient (Wildman–Crippen LogP) is 3.13. The van der Waals surface area contributed by atoms with Gasteiger partial charge in [0.1, 0.15) is 0 Å². The van der Waals surface area contributed by atoms with Crippen molar-refractivity contribution >= 4 is 10.9 Å². The first-order chi connectivity index (χ1) is 9.86. The zero-order chi connectivity index (χ0) is 13.8. The molecule has 0 unspecified atom stereocenters. The lowest BCUT2D eigenvalue weighted by Crippen LogP contribution is -2.42. The Kier molecular flexibility index (Phi) is 4.38. The number of aromatic nitrogens is 1. The van der Waals surface area contributed by atoms with Gasteiger partial charge < -0.3 is 15.2 Å². The average Bonchev–Trinajstić information content (AvgIpc) is 2.96. The molecule has 0 bridgehead atoms. The van der Waals surface area contributed by atoms with Crippen LogP contribution in [-0.2, 0) is 6.54 Å². The zero-order valence-electron chi connectivity index (χ0n) is 12.4. The summed E-state index contributed by atoms with van der Waals surface area (Å²) in [6.07, 6.45) is 5.86. The van der Waals surface area contributed by atoms with E-state index >= 15 is 0 Å². The highest BCUT2D eigenvalue weighted by Gasteiger charge is 2.18. The molecule has 0 radical (unpaired) electrons. The molecule has 0 atom stereocenters. The van der Waals surface area contributed by atoms with Gasteiger partial charge in [-0.15, -0.1) is 0 Å². The summed E-state index contributed by atoms with van der Waals surface area (Å²) in [4.78, 5) is 5.87. The van der Waals surface area contributed by atoms with E-state index in [1.807, 2.05) is 6.20 Å². The number of nitrogens with zero attached hydrogens (tertiary/aromatic N) is 1. The molecule has 1 aliphatic heterocycles. The first kappa shape index (κ1) is 13.7. The van der Waals surface area contributed by atoms with Crippen molar-refractivity contribution in [1.29, 1.82) is 0 Å². The van der Waals surface area contributed by atoms with Gasteiger partial charge in [0.05, 0.1) is 0 Å². The van der Waals surface area contributed by atoms with Crippen LogP contribution >= 0.6 is 0 Å². The maximum Gasteiger partial charge on any atom is 0.0457 e. The number of H-pyrrole nitrogens is 1. The van der Waals surface area contributed by atoms with Crippen LogP contribution in [0.15, 0.2) is 30.5 Å². The van der Waals surface area contributed by atoms with Crippen molar-refractivity contribution in [2.24, 2.45) is 0 Å². The molecule has 2 N–H and O–H groups in total. The van der Waals surface area contributed by atoms with Gasteiger partial charge in [-0.25, -0.2) is 0 Å². The minimum absolute atomic E-state index is 0.678. The Morgan fingerprint density at radius 3 is 2.90 bits per heavy atom. The zero-order valence-corrected chi connectivity index (χ0v) is 12.4.